The van der Waals surface area contributed by atoms with E-state index in [9.17, 15) is 0 Å². The van der Waals surface area contributed by atoms with E-state index in [2.05, 4.69) is 41.4 Å². The predicted octanol–water partition coefficient (Wildman–Crippen LogP) is 1.77. The van der Waals surface area contributed by atoms with Gasteiger partial charge in [-0.1, -0.05) is 18.2 Å². The molecule has 1 aromatic carbocycles. The first-order valence-electron chi connectivity index (χ1n) is 6.53. The second kappa shape index (κ2) is 4.67. The molecule has 1 fully saturated rings. The van der Waals surface area contributed by atoms with E-state index in [0.29, 0.717) is 12.1 Å². The number of nitrogens with zero attached hydrogens (tertiary/aromatic N) is 1. The van der Waals surface area contributed by atoms with E-state index in [0.717, 1.165) is 32.7 Å². The summed E-state index contributed by atoms with van der Waals surface area (Å²) < 4.78 is 5.71. The van der Waals surface area contributed by atoms with Crippen molar-refractivity contribution in [1.29, 1.82) is 0 Å². The fraction of sp³-hybridized carbons (Fsp3) is 0.571. The maximum atomic E-state index is 5.71. The molecular weight excluding hydrogens is 212 g/mol. The first kappa shape index (κ1) is 11.1. The van der Waals surface area contributed by atoms with Gasteiger partial charge < -0.3 is 15.0 Å². The van der Waals surface area contributed by atoms with Gasteiger partial charge in [-0.3, -0.25) is 0 Å². The summed E-state index contributed by atoms with van der Waals surface area (Å²) in [5, 5.41) is 3.49. The van der Waals surface area contributed by atoms with Gasteiger partial charge in [0.25, 0.3) is 0 Å². The van der Waals surface area contributed by atoms with E-state index in [1.54, 1.807) is 0 Å². The smallest absolute Gasteiger partial charge is 0.0750 e. The molecule has 3 rings (SSSR count). The highest BCUT2D eigenvalue weighted by molar-refractivity contribution is 5.55. The zero-order chi connectivity index (χ0) is 11.7. The van der Waals surface area contributed by atoms with E-state index in [1.165, 1.54) is 11.3 Å². The quantitative estimate of drug-likeness (QED) is 0.798. The molecule has 1 saturated heterocycles. The van der Waals surface area contributed by atoms with Gasteiger partial charge in [-0.15, -0.1) is 0 Å². The Bertz CT molecular complexity index is 394. The van der Waals surface area contributed by atoms with Crippen molar-refractivity contribution < 1.29 is 4.74 Å². The van der Waals surface area contributed by atoms with Gasteiger partial charge in [-0.25, -0.2) is 0 Å². The van der Waals surface area contributed by atoms with Gasteiger partial charge in [0.2, 0.25) is 0 Å². The van der Waals surface area contributed by atoms with Gasteiger partial charge in [-0.05, 0) is 25.0 Å². The summed E-state index contributed by atoms with van der Waals surface area (Å²) in [5.41, 5.74) is 2.80. The van der Waals surface area contributed by atoms with Crippen molar-refractivity contribution >= 4 is 5.69 Å². The summed E-state index contributed by atoms with van der Waals surface area (Å²) in [6.07, 6.45) is 1.50. The third kappa shape index (κ3) is 2.05. The molecule has 92 valence electrons. The Balaban J connectivity index is 1.93. The van der Waals surface area contributed by atoms with Gasteiger partial charge in [-0.2, -0.15) is 0 Å². The first-order chi connectivity index (χ1) is 8.36. The molecule has 2 aliphatic rings. The highest BCUT2D eigenvalue weighted by atomic mass is 16.5. The number of benzene rings is 1. The van der Waals surface area contributed by atoms with Crippen LogP contribution in [0, 0.1) is 0 Å². The minimum absolute atomic E-state index is 0.348. The third-order valence-electron chi connectivity index (χ3n) is 3.88. The number of fused-ring (bicyclic) bond motifs is 1. The lowest BCUT2D eigenvalue weighted by atomic mass is 10.1. The van der Waals surface area contributed by atoms with E-state index in [4.69, 9.17) is 4.74 Å². The van der Waals surface area contributed by atoms with Crippen LogP contribution in [0.25, 0.3) is 0 Å². The van der Waals surface area contributed by atoms with Crippen molar-refractivity contribution in [2.45, 2.75) is 32.0 Å². The van der Waals surface area contributed by atoms with Crippen molar-refractivity contribution in [2.24, 2.45) is 0 Å². The zero-order valence-corrected chi connectivity index (χ0v) is 10.4. The fourth-order valence-corrected chi connectivity index (χ4v) is 2.96. The largest absolute Gasteiger partial charge is 0.376 e. The third-order valence-corrected chi connectivity index (χ3v) is 3.88. The number of nitrogens with one attached hydrogen (secondary N) is 1. The molecule has 1 N–H and O–H groups in total. The first-order valence-corrected chi connectivity index (χ1v) is 6.53. The molecule has 2 unspecified atom stereocenters. The molecule has 0 bridgehead atoms. The Labute approximate surface area is 103 Å². The summed E-state index contributed by atoms with van der Waals surface area (Å²) in [4.78, 5) is 2.53. The highest BCUT2D eigenvalue weighted by Crippen LogP contribution is 2.29. The Morgan fingerprint density at radius 2 is 2.24 bits per heavy atom. The Morgan fingerprint density at radius 1 is 1.35 bits per heavy atom. The average molecular weight is 232 g/mol. The molecule has 2 aliphatic heterocycles. The molecule has 0 saturated carbocycles. The standard InChI is InChI=1S/C14H20N2O/c1-11-13(6-9-17-11)16-8-7-15-10-12-4-2-3-5-14(12)16/h2-5,11,13,15H,6-10H2,1H3. The van der Waals surface area contributed by atoms with Crippen LogP contribution in [0.15, 0.2) is 24.3 Å². The van der Waals surface area contributed by atoms with Gasteiger partial charge in [0.1, 0.15) is 0 Å². The zero-order valence-electron chi connectivity index (χ0n) is 10.4. The lowest BCUT2D eigenvalue weighted by Crippen LogP contribution is -2.42. The second-order valence-electron chi connectivity index (χ2n) is 4.93. The SMILES string of the molecule is CC1OCCC1N1CCNCc2ccccc21. The minimum Gasteiger partial charge on any atom is -0.376 e. The summed E-state index contributed by atoms with van der Waals surface area (Å²) in [7, 11) is 0. The minimum atomic E-state index is 0.348. The maximum Gasteiger partial charge on any atom is 0.0750 e. The Morgan fingerprint density at radius 3 is 3.06 bits per heavy atom. The van der Waals surface area contributed by atoms with Crippen LogP contribution in [-0.4, -0.2) is 31.8 Å². The lowest BCUT2D eigenvalue weighted by Gasteiger charge is -2.32. The van der Waals surface area contributed by atoms with Crippen molar-refractivity contribution in [3.05, 3.63) is 29.8 Å². The summed E-state index contributed by atoms with van der Waals surface area (Å²) >= 11 is 0. The van der Waals surface area contributed by atoms with Crippen LogP contribution in [0.3, 0.4) is 0 Å². The van der Waals surface area contributed by atoms with Crippen LogP contribution < -0.4 is 10.2 Å². The van der Waals surface area contributed by atoms with Crippen LogP contribution in [0.4, 0.5) is 5.69 Å². The van der Waals surface area contributed by atoms with Crippen LogP contribution in [-0.2, 0) is 11.3 Å². The number of para-hydroxylation sites is 1. The number of hydrogen-bond acceptors (Lipinski definition) is 3. The lowest BCUT2D eigenvalue weighted by molar-refractivity contribution is 0.117. The molecule has 2 atom stereocenters. The number of ether oxygens (including phenoxy) is 1. The van der Waals surface area contributed by atoms with Crippen LogP contribution >= 0.6 is 0 Å². The number of anilines is 1. The molecular formula is C14H20N2O. The van der Waals surface area contributed by atoms with E-state index < -0.39 is 0 Å². The van der Waals surface area contributed by atoms with Crippen molar-refractivity contribution in [3.63, 3.8) is 0 Å². The molecule has 0 radical (unpaired) electrons. The summed E-state index contributed by atoms with van der Waals surface area (Å²) in [6, 6.07) is 9.26. The normalized spacial score (nSPS) is 28.9. The van der Waals surface area contributed by atoms with E-state index in [-0.39, 0.29) is 0 Å². The van der Waals surface area contributed by atoms with Crippen molar-refractivity contribution in [2.75, 3.05) is 24.6 Å². The van der Waals surface area contributed by atoms with Crippen LogP contribution in [0.1, 0.15) is 18.9 Å². The number of hydrogen-bond donors (Lipinski definition) is 1. The second-order valence-corrected chi connectivity index (χ2v) is 4.93. The van der Waals surface area contributed by atoms with Gasteiger partial charge in [0, 0.05) is 31.9 Å². The van der Waals surface area contributed by atoms with Crippen LogP contribution in [0.2, 0.25) is 0 Å². The molecule has 3 heteroatoms. The number of rotatable bonds is 1. The Hall–Kier alpha value is -1.06. The van der Waals surface area contributed by atoms with Gasteiger partial charge >= 0.3 is 0 Å². The Kier molecular flexibility index (Phi) is 3.04. The van der Waals surface area contributed by atoms with E-state index >= 15 is 0 Å². The molecule has 0 amide bonds. The summed E-state index contributed by atoms with van der Waals surface area (Å²) in [5.74, 6) is 0. The molecule has 0 aromatic heterocycles. The average Bonchev–Trinajstić information content (AvgIpc) is 2.66. The van der Waals surface area contributed by atoms with Crippen LogP contribution in [0.5, 0.6) is 0 Å². The molecule has 0 aliphatic carbocycles. The maximum absolute atomic E-state index is 5.71. The van der Waals surface area contributed by atoms with Gasteiger partial charge in [0.15, 0.2) is 0 Å². The summed E-state index contributed by atoms with van der Waals surface area (Å²) in [6.45, 7) is 6.21. The van der Waals surface area contributed by atoms with Gasteiger partial charge in [0.05, 0.1) is 12.1 Å². The van der Waals surface area contributed by atoms with Crippen molar-refractivity contribution in [3.8, 4) is 0 Å². The monoisotopic (exact) mass is 232 g/mol. The predicted molar refractivity (Wildman–Crippen MR) is 69.3 cm³/mol. The topological polar surface area (TPSA) is 24.5 Å². The van der Waals surface area contributed by atoms with Crippen molar-refractivity contribution in [1.82, 2.24) is 5.32 Å². The molecule has 17 heavy (non-hydrogen) atoms. The molecule has 2 heterocycles. The highest BCUT2D eigenvalue weighted by Gasteiger charge is 2.31. The molecule has 0 spiro atoms. The molecule has 1 aromatic rings. The van der Waals surface area contributed by atoms with E-state index in [1.807, 2.05) is 0 Å². The molecule has 3 nitrogen and oxygen atoms in total. The fourth-order valence-electron chi connectivity index (χ4n) is 2.96.